The van der Waals surface area contributed by atoms with Crippen molar-refractivity contribution in [3.63, 3.8) is 0 Å². The van der Waals surface area contributed by atoms with Crippen molar-refractivity contribution in [3.05, 3.63) is 47.6 Å². The van der Waals surface area contributed by atoms with Crippen molar-refractivity contribution in [1.29, 1.82) is 0 Å². The molecule has 0 radical (unpaired) electrons. The van der Waals surface area contributed by atoms with Gasteiger partial charge in [0.05, 0.1) is 12.2 Å². The normalized spacial score (nSPS) is 15.9. The Hall–Kier alpha value is -2.57. The average molecular weight is 298 g/mol. The van der Waals surface area contributed by atoms with Gasteiger partial charge < -0.3 is 4.90 Å². The van der Waals surface area contributed by atoms with Crippen LogP contribution in [0.3, 0.4) is 0 Å². The van der Waals surface area contributed by atoms with Crippen LogP contribution < -0.4 is 0 Å². The van der Waals surface area contributed by atoms with Gasteiger partial charge in [-0.2, -0.15) is 5.21 Å². The van der Waals surface area contributed by atoms with Crippen molar-refractivity contribution in [1.82, 2.24) is 30.5 Å². The molecule has 2 aromatic rings. The largest absolute Gasteiger partial charge is 0.339 e. The fourth-order valence-corrected chi connectivity index (χ4v) is 2.84. The number of pyridine rings is 1. The zero-order chi connectivity index (χ0) is 15.6. The number of aromatic amines is 1. The highest BCUT2D eigenvalue weighted by atomic mass is 16.2. The van der Waals surface area contributed by atoms with Gasteiger partial charge in [0.25, 0.3) is 0 Å². The van der Waals surface area contributed by atoms with Crippen molar-refractivity contribution < 1.29 is 4.79 Å². The van der Waals surface area contributed by atoms with Crippen LogP contribution in [-0.4, -0.2) is 43.5 Å². The molecule has 0 bridgehead atoms. The molecule has 1 aliphatic rings. The molecule has 7 nitrogen and oxygen atoms in total. The molecule has 1 amide bonds. The number of allylic oxidation sites excluding steroid dienone is 2. The van der Waals surface area contributed by atoms with E-state index in [1.807, 2.05) is 37.3 Å². The quantitative estimate of drug-likeness (QED) is 0.855. The van der Waals surface area contributed by atoms with Crippen LogP contribution in [0.5, 0.6) is 0 Å². The van der Waals surface area contributed by atoms with Crippen molar-refractivity contribution in [2.75, 3.05) is 7.05 Å². The molecule has 0 atom stereocenters. The monoisotopic (exact) mass is 298 g/mol. The lowest BCUT2D eigenvalue weighted by molar-refractivity contribution is -0.136. The van der Waals surface area contributed by atoms with E-state index in [-0.39, 0.29) is 5.91 Å². The number of nitrogens with zero attached hydrogens (tertiary/aromatic N) is 5. The summed E-state index contributed by atoms with van der Waals surface area (Å²) < 4.78 is 0. The van der Waals surface area contributed by atoms with E-state index < -0.39 is 5.41 Å². The molecule has 22 heavy (non-hydrogen) atoms. The molecule has 3 rings (SSSR count). The number of amides is 1. The first-order chi connectivity index (χ1) is 10.6. The number of aromatic nitrogens is 5. The summed E-state index contributed by atoms with van der Waals surface area (Å²) in [7, 11) is 1.78. The lowest BCUT2D eigenvalue weighted by Gasteiger charge is -2.29. The van der Waals surface area contributed by atoms with Crippen LogP contribution in [0, 0.1) is 6.92 Å². The Balaban J connectivity index is 1.82. The van der Waals surface area contributed by atoms with E-state index >= 15 is 0 Å². The van der Waals surface area contributed by atoms with E-state index in [1.165, 1.54) is 0 Å². The number of likely N-dealkylation sites (N-methyl/N-ethyl adjacent to an activating group) is 1. The van der Waals surface area contributed by atoms with Gasteiger partial charge in [0.1, 0.15) is 5.41 Å². The third-order valence-electron chi connectivity index (χ3n) is 3.97. The van der Waals surface area contributed by atoms with Crippen molar-refractivity contribution in [2.24, 2.45) is 0 Å². The lowest BCUT2D eigenvalue weighted by Crippen LogP contribution is -2.44. The van der Waals surface area contributed by atoms with Crippen LogP contribution in [0.15, 0.2) is 30.4 Å². The number of tetrazole rings is 1. The summed E-state index contributed by atoms with van der Waals surface area (Å²) in [5.41, 5.74) is 1.06. The molecule has 1 N–H and O–H groups in total. The highest BCUT2D eigenvalue weighted by molar-refractivity contribution is 5.88. The number of carbonyl (C=O) groups excluding carboxylic acids is 1. The Morgan fingerprint density at radius 2 is 2.14 bits per heavy atom. The summed E-state index contributed by atoms with van der Waals surface area (Å²) in [6.45, 7) is 2.40. The fourth-order valence-electron chi connectivity index (χ4n) is 2.84. The highest BCUT2D eigenvalue weighted by Crippen LogP contribution is 2.36. The van der Waals surface area contributed by atoms with E-state index in [9.17, 15) is 4.79 Å². The van der Waals surface area contributed by atoms with Crippen LogP contribution in [0.1, 0.15) is 30.1 Å². The number of H-pyrrole nitrogens is 1. The predicted octanol–water partition coefficient (Wildman–Crippen LogP) is 1.15. The summed E-state index contributed by atoms with van der Waals surface area (Å²) in [4.78, 5) is 19.1. The summed E-state index contributed by atoms with van der Waals surface area (Å²) >= 11 is 0. The molecule has 1 aliphatic carbocycles. The summed E-state index contributed by atoms with van der Waals surface area (Å²) in [5, 5.41) is 14.1. The standard InChI is InChI=1S/C15H18N6O/c1-11-6-5-7-12(16-11)10-21(2)14(22)15(8-3-4-9-15)13-17-19-20-18-13/h3-7H,8-10H2,1-2H3,(H,17,18,19,20). The number of hydrogen-bond acceptors (Lipinski definition) is 5. The molecule has 0 saturated carbocycles. The number of hydrogen-bond donors (Lipinski definition) is 1. The molecule has 0 saturated heterocycles. The lowest BCUT2D eigenvalue weighted by atomic mass is 9.83. The SMILES string of the molecule is Cc1cccc(CN(C)C(=O)C2(c3nn[nH]n3)CC=CC2)n1. The third kappa shape index (κ3) is 2.49. The second-order valence-electron chi connectivity index (χ2n) is 5.63. The summed E-state index contributed by atoms with van der Waals surface area (Å²) in [5.74, 6) is 0.439. The minimum absolute atomic E-state index is 0.0118. The Morgan fingerprint density at radius 1 is 1.36 bits per heavy atom. The molecule has 0 unspecified atom stereocenters. The maximum absolute atomic E-state index is 13.0. The minimum atomic E-state index is -0.744. The maximum atomic E-state index is 13.0. The molecule has 0 aliphatic heterocycles. The van der Waals surface area contributed by atoms with Crippen molar-refractivity contribution in [3.8, 4) is 0 Å². The average Bonchev–Trinajstić information content (AvgIpc) is 3.18. The summed E-state index contributed by atoms with van der Waals surface area (Å²) in [6.07, 6.45) is 5.17. The van der Waals surface area contributed by atoms with Gasteiger partial charge in [-0.1, -0.05) is 23.4 Å². The predicted molar refractivity (Wildman–Crippen MR) is 79.7 cm³/mol. The molecule has 0 spiro atoms. The van der Waals surface area contributed by atoms with Gasteiger partial charge in [0, 0.05) is 12.7 Å². The Kier molecular flexibility index (Phi) is 3.70. The van der Waals surface area contributed by atoms with E-state index in [0.29, 0.717) is 25.2 Å². The van der Waals surface area contributed by atoms with Crippen LogP contribution >= 0.6 is 0 Å². The molecule has 7 heteroatoms. The third-order valence-corrected chi connectivity index (χ3v) is 3.97. The number of rotatable bonds is 4. The van der Waals surface area contributed by atoms with Crippen LogP contribution in [0.4, 0.5) is 0 Å². The van der Waals surface area contributed by atoms with E-state index in [2.05, 4.69) is 25.6 Å². The van der Waals surface area contributed by atoms with Gasteiger partial charge in [-0.15, -0.1) is 10.2 Å². The topological polar surface area (TPSA) is 87.7 Å². The highest BCUT2D eigenvalue weighted by Gasteiger charge is 2.46. The van der Waals surface area contributed by atoms with Gasteiger partial charge in [-0.25, -0.2) is 0 Å². The number of nitrogens with one attached hydrogen (secondary N) is 1. The van der Waals surface area contributed by atoms with E-state index in [0.717, 1.165) is 11.4 Å². The van der Waals surface area contributed by atoms with Crippen molar-refractivity contribution >= 4 is 5.91 Å². The van der Waals surface area contributed by atoms with E-state index in [4.69, 9.17) is 0 Å². The number of aryl methyl sites for hydroxylation is 1. The van der Waals surface area contributed by atoms with Crippen LogP contribution in [0.25, 0.3) is 0 Å². The van der Waals surface area contributed by atoms with Crippen LogP contribution in [0.2, 0.25) is 0 Å². The maximum Gasteiger partial charge on any atom is 0.237 e. The zero-order valence-electron chi connectivity index (χ0n) is 12.7. The first kappa shape index (κ1) is 14.4. The van der Waals surface area contributed by atoms with Gasteiger partial charge in [0.15, 0.2) is 5.82 Å². The van der Waals surface area contributed by atoms with E-state index in [1.54, 1.807) is 11.9 Å². The van der Waals surface area contributed by atoms with Crippen molar-refractivity contribution in [2.45, 2.75) is 31.7 Å². The molecule has 2 heterocycles. The molecule has 114 valence electrons. The Labute approximate surface area is 128 Å². The molecular formula is C15H18N6O. The Morgan fingerprint density at radius 3 is 2.77 bits per heavy atom. The minimum Gasteiger partial charge on any atom is -0.339 e. The van der Waals surface area contributed by atoms with Gasteiger partial charge >= 0.3 is 0 Å². The van der Waals surface area contributed by atoms with Gasteiger partial charge in [-0.05, 0) is 31.9 Å². The van der Waals surface area contributed by atoms with Gasteiger partial charge in [-0.3, -0.25) is 9.78 Å². The zero-order valence-corrected chi connectivity index (χ0v) is 12.7. The molecular weight excluding hydrogens is 280 g/mol. The number of carbonyl (C=O) groups is 1. The smallest absolute Gasteiger partial charge is 0.237 e. The molecule has 2 aromatic heterocycles. The second-order valence-corrected chi connectivity index (χ2v) is 5.63. The molecule has 0 fully saturated rings. The second kappa shape index (κ2) is 5.67. The molecule has 0 aromatic carbocycles. The first-order valence-electron chi connectivity index (χ1n) is 7.19. The Bertz CT molecular complexity index is 686. The first-order valence-corrected chi connectivity index (χ1v) is 7.19. The van der Waals surface area contributed by atoms with Crippen LogP contribution in [-0.2, 0) is 16.8 Å². The fraction of sp³-hybridized carbons (Fsp3) is 0.400. The summed E-state index contributed by atoms with van der Waals surface area (Å²) in [6, 6.07) is 5.81. The van der Waals surface area contributed by atoms with Gasteiger partial charge in [0.2, 0.25) is 5.91 Å².